The van der Waals surface area contributed by atoms with Crippen LogP contribution >= 0.6 is 11.3 Å². The quantitative estimate of drug-likeness (QED) is 0.859. The van der Waals surface area contributed by atoms with Crippen LogP contribution in [0.4, 0.5) is 5.69 Å². The molecular weight excluding hydrogens is 236 g/mol. The molecule has 0 spiro atoms. The van der Waals surface area contributed by atoms with Crippen molar-refractivity contribution in [3.05, 3.63) is 40.1 Å². The first-order valence-corrected chi connectivity index (χ1v) is 5.87. The van der Waals surface area contributed by atoms with E-state index in [1.54, 1.807) is 29.8 Å². The number of aryl methyl sites for hydroxylation is 1. The summed E-state index contributed by atoms with van der Waals surface area (Å²) in [5, 5.41) is 3.65. The normalized spacial score (nSPS) is 10.2. The Labute approximate surface area is 103 Å². The van der Waals surface area contributed by atoms with Gasteiger partial charge in [-0.05, 0) is 13.0 Å². The van der Waals surface area contributed by atoms with Gasteiger partial charge in [-0.2, -0.15) is 0 Å². The molecule has 0 saturated heterocycles. The van der Waals surface area contributed by atoms with Crippen molar-refractivity contribution in [2.45, 2.75) is 13.5 Å². The number of nitrogens with zero attached hydrogens (tertiary/aromatic N) is 2. The summed E-state index contributed by atoms with van der Waals surface area (Å²) < 4.78 is 0. The fourth-order valence-corrected chi connectivity index (χ4v) is 2.07. The maximum atomic E-state index is 11.8. The van der Waals surface area contributed by atoms with Crippen LogP contribution < -0.4 is 11.1 Å². The molecule has 6 heteroatoms. The number of amides is 1. The van der Waals surface area contributed by atoms with E-state index in [0.717, 1.165) is 9.88 Å². The number of nitrogens with one attached hydrogen (secondary N) is 1. The highest BCUT2D eigenvalue weighted by Crippen LogP contribution is 2.12. The zero-order chi connectivity index (χ0) is 12.3. The highest BCUT2D eigenvalue weighted by Gasteiger charge is 2.09. The van der Waals surface area contributed by atoms with Gasteiger partial charge in [0, 0.05) is 17.3 Å². The minimum Gasteiger partial charge on any atom is -0.397 e. The fourth-order valence-electron chi connectivity index (χ4n) is 1.35. The summed E-state index contributed by atoms with van der Waals surface area (Å²) >= 11 is 1.56. The second kappa shape index (κ2) is 4.92. The van der Waals surface area contributed by atoms with Crippen LogP contribution in [0.2, 0.25) is 0 Å². The van der Waals surface area contributed by atoms with Gasteiger partial charge in [-0.1, -0.05) is 0 Å². The van der Waals surface area contributed by atoms with Crippen molar-refractivity contribution in [2.75, 3.05) is 5.73 Å². The largest absolute Gasteiger partial charge is 0.397 e. The van der Waals surface area contributed by atoms with Gasteiger partial charge in [-0.15, -0.1) is 11.3 Å². The Kier molecular flexibility index (Phi) is 3.34. The maximum Gasteiger partial charge on any atom is 0.253 e. The van der Waals surface area contributed by atoms with Crippen LogP contribution in [0.25, 0.3) is 0 Å². The van der Waals surface area contributed by atoms with E-state index in [9.17, 15) is 4.79 Å². The van der Waals surface area contributed by atoms with E-state index in [1.165, 1.54) is 6.20 Å². The molecule has 0 bridgehead atoms. The number of hydrogen-bond donors (Lipinski definition) is 2. The van der Waals surface area contributed by atoms with Crippen LogP contribution in [0.1, 0.15) is 20.2 Å². The van der Waals surface area contributed by atoms with Crippen LogP contribution in [0.5, 0.6) is 0 Å². The summed E-state index contributed by atoms with van der Waals surface area (Å²) in [5.41, 5.74) is 6.47. The van der Waals surface area contributed by atoms with Crippen molar-refractivity contribution >= 4 is 22.9 Å². The van der Waals surface area contributed by atoms with Crippen molar-refractivity contribution in [2.24, 2.45) is 0 Å². The fraction of sp³-hybridized carbons (Fsp3) is 0.182. The number of aromatic nitrogens is 2. The number of anilines is 1. The highest BCUT2D eigenvalue weighted by atomic mass is 32.1. The molecule has 0 radical (unpaired) electrons. The van der Waals surface area contributed by atoms with Gasteiger partial charge in [0.1, 0.15) is 5.01 Å². The van der Waals surface area contributed by atoms with E-state index in [4.69, 9.17) is 5.73 Å². The molecule has 2 aromatic heterocycles. The average molecular weight is 248 g/mol. The Hall–Kier alpha value is -1.95. The molecule has 0 aliphatic carbocycles. The number of nitrogen functional groups attached to an aromatic ring is 1. The third-order valence-corrected chi connectivity index (χ3v) is 3.08. The van der Waals surface area contributed by atoms with Gasteiger partial charge in [0.25, 0.3) is 5.91 Å². The molecule has 0 aliphatic heterocycles. The summed E-state index contributed by atoms with van der Waals surface area (Å²) in [6.45, 7) is 2.39. The lowest BCUT2D eigenvalue weighted by atomic mass is 10.2. The number of hydrogen-bond acceptors (Lipinski definition) is 5. The first-order chi connectivity index (χ1) is 8.16. The van der Waals surface area contributed by atoms with Crippen LogP contribution in [0.3, 0.4) is 0 Å². The van der Waals surface area contributed by atoms with Crippen molar-refractivity contribution in [1.82, 2.24) is 15.3 Å². The van der Waals surface area contributed by atoms with Gasteiger partial charge in [-0.3, -0.25) is 9.78 Å². The van der Waals surface area contributed by atoms with E-state index in [-0.39, 0.29) is 5.91 Å². The summed E-state index contributed by atoms with van der Waals surface area (Å²) in [5.74, 6) is -0.210. The van der Waals surface area contributed by atoms with Crippen LogP contribution in [-0.2, 0) is 6.54 Å². The van der Waals surface area contributed by atoms with Gasteiger partial charge in [-0.25, -0.2) is 4.98 Å². The molecule has 2 heterocycles. The summed E-state index contributed by atoms with van der Waals surface area (Å²) in [6, 6.07) is 1.60. The van der Waals surface area contributed by atoms with Crippen LogP contribution in [0, 0.1) is 6.92 Å². The monoisotopic (exact) mass is 248 g/mol. The highest BCUT2D eigenvalue weighted by molar-refractivity contribution is 7.11. The smallest absolute Gasteiger partial charge is 0.253 e. The van der Waals surface area contributed by atoms with E-state index in [1.807, 2.05) is 6.92 Å². The Bertz CT molecular complexity index is 538. The molecule has 0 aliphatic rings. The molecule has 5 nitrogen and oxygen atoms in total. The lowest BCUT2D eigenvalue weighted by Crippen LogP contribution is -2.23. The molecule has 0 unspecified atom stereocenters. The second-order valence-corrected chi connectivity index (χ2v) is 4.83. The number of carbonyl (C=O) groups excluding carboxylic acids is 1. The average Bonchev–Trinajstić information content (AvgIpc) is 2.73. The molecule has 0 saturated carbocycles. The number of pyridine rings is 1. The number of carbonyl (C=O) groups is 1. The van der Waals surface area contributed by atoms with E-state index >= 15 is 0 Å². The summed E-state index contributed by atoms with van der Waals surface area (Å²) in [4.78, 5) is 20.9. The third kappa shape index (κ3) is 2.79. The molecule has 17 heavy (non-hydrogen) atoms. The SMILES string of the molecule is Cc1cnc(CNC(=O)c2ccncc2N)s1. The topological polar surface area (TPSA) is 80.9 Å². The van der Waals surface area contributed by atoms with Crippen molar-refractivity contribution < 1.29 is 4.79 Å². The number of nitrogens with two attached hydrogens (primary N) is 1. The Morgan fingerprint density at radius 1 is 1.53 bits per heavy atom. The van der Waals surface area contributed by atoms with Crippen molar-refractivity contribution in [1.29, 1.82) is 0 Å². The standard InChI is InChI=1S/C11H12N4OS/c1-7-4-14-10(17-7)6-15-11(16)8-2-3-13-5-9(8)12/h2-5H,6,12H2,1H3,(H,15,16). The Balaban J connectivity index is 2.01. The van der Waals surface area contributed by atoms with E-state index in [0.29, 0.717) is 17.8 Å². The van der Waals surface area contributed by atoms with E-state index in [2.05, 4.69) is 15.3 Å². The number of rotatable bonds is 3. The first kappa shape index (κ1) is 11.5. The second-order valence-electron chi connectivity index (χ2n) is 3.51. The zero-order valence-electron chi connectivity index (χ0n) is 9.30. The third-order valence-electron chi connectivity index (χ3n) is 2.17. The predicted molar refractivity (Wildman–Crippen MR) is 66.7 cm³/mol. The zero-order valence-corrected chi connectivity index (χ0v) is 10.1. The van der Waals surface area contributed by atoms with Gasteiger partial charge in [0.05, 0.1) is 24.0 Å². The molecule has 2 rings (SSSR count). The van der Waals surface area contributed by atoms with Crippen molar-refractivity contribution in [3.8, 4) is 0 Å². The van der Waals surface area contributed by atoms with Gasteiger partial charge < -0.3 is 11.1 Å². The van der Waals surface area contributed by atoms with Crippen molar-refractivity contribution in [3.63, 3.8) is 0 Å². The molecule has 1 amide bonds. The van der Waals surface area contributed by atoms with Crippen LogP contribution in [0.15, 0.2) is 24.7 Å². The predicted octanol–water partition coefficient (Wildman–Crippen LogP) is 1.36. The molecule has 2 aromatic rings. The molecule has 0 aromatic carbocycles. The lowest BCUT2D eigenvalue weighted by Gasteiger charge is -2.05. The Morgan fingerprint density at radius 2 is 2.35 bits per heavy atom. The van der Waals surface area contributed by atoms with Gasteiger partial charge in [0.2, 0.25) is 0 Å². The van der Waals surface area contributed by atoms with Gasteiger partial charge >= 0.3 is 0 Å². The number of thiazole rings is 1. The molecule has 0 atom stereocenters. The first-order valence-electron chi connectivity index (χ1n) is 5.06. The minimum absolute atomic E-state index is 0.210. The summed E-state index contributed by atoms with van der Waals surface area (Å²) in [7, 11) is 0. The molecule has 3 N–H and O–H groups in total. The molecular formula is C11H12N4OS. The van der Waals surface area contributed by atoms with E-state index < -0.39 is 0 Å². The molecule has 0 fully saturated rings. The maximum absolute atomic E-state index is 11.8. The minimum atomic E-state index is -0.210. The Morgan fingerprint density at radius 3 is 3.00 bits per heavy atom. The molecule has 88 valence electrons. The van der Waals surface area contributed by atoms with Crippen LogP contribution in [-0.4, -0.2) is 15.9 Å². The van der Waals surface area contributed by atoms with Gasteiger partial charge in [0.15, 0.2) is 0 Å². The summed E-state index contributed by atoms with van der Waals surface area (Å²) in [6.07, 6.45) is 4.79. The lowest BCUT2D eigenvalue weighted by molar-refractivity contribution is 0.0951.